The average molecular weight is 377 g/mol. The van der Waals surface area contributed by atoms with Crippen molar-refractivity contribution in [2.45, 2.75) is 25.9 Å². The Morgan fingerprint density at radius 3 is 2.68 bits per heavy atom. The molecule has 2 aromatic carbocycles. The number of nitrogens with two attached hydrogens (primary N) is 1. The fourth-order valence-electron chi connectivity index (χ4n) is 3.73. The quantitative estimate of drug-likeness (QED) is 0.521. The van der Waals surface area contributed by atoms with Crippen molar-refractivity contribution in [3.05, 3.63) is 77.0 Å². The first-order valence-electron chi connectivity index (χ1n) is 9.11. The molecule has 28 heavy (non-hydrogen) atoms. The van der Waals surface area contributed by atoms with Crippen LogP contribution in [0.3, 0.4) is 0 Å². The summed E-state index contributed by atoms with van der Waals surface area (Å²) in [6.45, 7) is 0.958. The maximum atomic E-state index is 13.6. The van der Waals surface area contributed by atoms with Gasteiger partial charge in [-0.05, 0) is 18.1 Å². The van der Waals surface area contributed by atoms with Crippen LogP contribution in [0.4, 0.5) is 8.78 Å². The van der Waals surface area contributed by atoms with Gasteiger partial charge in [-0.2, -0.15) is 0 Å². The van der Waals surface area contributed by atoms with Crippen LogP contribution in [0.1, 0.15) is 22.8 Å². The van der Waals surface area contributed by atoms with Crippen molar-refractivity contribution in [2.75, 3.05) is 0 Å². The zero-order valence-electron chi connectivity index (χ0n) is 15.0. The maximum Gasteiger partial charge on any atom is 0.161 e. The van der Waals surface area contributed by atoms with Crippen LogP contribution in [0.5, 0.6) is 0 Å². The molecule has 1 aliphatic rings. The third kappa shape index (κ3) is 2.75. The first kappa shape index (κ1) is 16.9. The molecule has 0 amide bonds. The van der Waals surface area contributed by atoms with E-state index in [4.69, 9.17) is 10.7 Å². The third-order valence-corrected chi connectivity index (χ3v) is 5.09. The molecule has 5 nitrogen and oxygen atoms in total. The minimum absolute atomic E-state index is 0.132. The summed E-state index contributed by atoms with van der Waals surface area (Å²) >= 11 is 0. The molecule has 0 saturated carbocycles. The number of rotatable bonds is 4. The predicted molar refractivity (Wildman–Crippen MR) is 102 cm³/mol. The Bertz CT molecular complexity index is 1220. The molecule has 0 bridgehead atoms. The molecule has 0 aliphatic carbocycles. The van der Waals surface area contributed by atoms with E-state index in [0.717, 1.165) is 30.2 Å². The normalized spacial score (nSPS) is 12.4. The molecule has 3 heterocycles. The monoisotopic (exact) mass is 377 g/mol. The Morgan fingerprint density at radius 2 is 1.82 bits per heavy atom. The van der Waals surface area contributed by atoms with Gasteiger partial charge in [0.1, 0.15) is 11.6 Å². The van der Waals surface area contributed by atoms with Crippen molar-refractivity contribution in [1.82, 2.24) is 19.5 Å². The summed E-state index contributed by atoms with van der Waals surface area (Å²) in [4.78, 5) is 13.6. The Balaban J connectivity index is 1.42. The van der Waals surface area contributed by atoms with E-state index in [1.54, 1.807) is 0 Å². The Kier molecular flexibility index (Phi) is 3.91. The highest BCUT2D eigenvalue weighted by Gasteiger charge is 2.20. The second-order valence-electron chi connectivity index (χ2n) is 6.92. The van der Waals surface area contributed by atoms with E-state index in [1.165, 1.54) is 11.1 Å². The number of benzene rings is 2. The fraction of sp³-hybridized carbons (Fsp3) is 0.190. The molecule has 0 fully saturated rings. The summed E-state index contributed by atoms with van der Waals surface area (Å²) in [6.07, 6.45) is 3.25. The van der Waals surface area contributed by atoms with E-state index in [1.807, 2.05) is 12.1 Å². The Labute approximate surface area is 159 Å². The number of aryl methyl sites for hydroxylation is 2. The lowest BCUT2D eigenvalue weighted by molar-refractivity contribution is 0.510. The molecule has 1 aliphatic heterocycles. The Morgan fingerprint density at radius 1 is 1.00 bits per heavy atom. The van der Waals surface area contributed by atoms with Gasteiger partial charge in [-0.25, -0.2) is 23.7 Å². The number of nitrogens with zero attached hydrogens (tertiary/aromatic N) is 4. The molecular formula is C21H17F2N5. The van der Waals surface area contributed by atoms with E-state index in [-0.39, 0.29) is 6.54 Å². The van der Waals surface area contributed by atoms with Gasteiger partial charge in [0, 0.05) is 42.7 Å². The number of fused-ring (bicyclic) bond motifs is 4. The molecule has 140 valence electrons. The van der Waals surface area contributed by atoms with Crippen LogP contribution in [0.2, 0.25) is 0 Å². The van der Waals surface area contributed by atoms with Gasteiger partial charge in [-0.15, -0.1) is 0 Å². The van der Waals surface area contributed by atoms with Crippen molar-refractivity contribution in [3.63, 3.8) is 0 Å². The molecule has 2 N–H and O–H groups in total. The topological polar surface area (TPSA) is 69.6 Å². The fourth-order valence-corrected chi connectivity index (χ4v) is 3.73. The lowest BCUT2D eigenvalue weighted by Crippen LogP contribution is -2.07. The SMILES string of the molecule is NCc1nc(CCc2cn3c(n2)-c2ccccc2C3)nc2cc(F)c(F)cc12. The van der Waals surface area contributed by atoms with Gasteiger partial charge in [0.2, 0.25) is 0 Å². The molecule has 7 heteroatoms. The number of hydrogen-bond donors (Lipinski definition) is 1. The first-order chi connectivity index (χ1) is 13.6. The van der Waals surface area contributed by atoms with Gasteiger partial charge in [0.05, 0.1) is 16.9 Å². The second kappa shape index (κ2) is 6.45. The van der Waals surface area contributed by atoms with Crippen LogP contribution >= 0.6 is 0 Å². The zero-order chi connectivity index (χ0) is 19.3. The van der Waals surface area contributed by atoms with Crippen LogP contribution < -0.4 is 5.73 Å². The van der Waals surface area contributed by atoms with Crippen LogP contribution in [-0.4, -0.2) is 19.5 Å². The van der Waals surface area contributed by atoms with E-state index in [9.17, 15) is 8.78 Å². The highest BCUT2D eigenvalue weighted by atomic mass is 19.2. The molecule has 0 atom stereocenters. The number of halogens is 2. The van der Waals surface area contributed by atoms with Gasteiger partial charge >= 0.3 is 0 Å². The molecule has 4 aromatic rings. The van der Waals surface area contributed by atoms with E-state index < -0.39 is 11.6 Å². The minimum atomic E-state index is -0.927. The van der Waals surface area contributed by atoms with Gasteiger partial charge in [0.25, 0.3) is 0 Å². The molecule has 0 radical (unpaired) electrons. The maximum absolute atomic E-state index is 13.6. The van der Waals surface area contributed by atoms with Gasteiger partial charge < -0.3 is 10.3 Å². The van der Waals surface area contributed by atoms with Crippen LogP contribution in [0.15, 0.2) is 42.6 Å². The van der Waals surface area contributed by atoms with Crippen LogP contribution in [0, 0.1) is 11.6 Å². The first-order valence-corrected chi connectivity index (χ1v) is 9.11. The molecule has 0 spiro atoms. The number of imidazole rings is 1. The summed E-state index contributed by atoms with van der Waals surface area (Å²) in [7, 11) is 0. The smallest absolute Gasteiger partial charge is 0.161 e. The Hall–Kier alpha value is -3.19. The van der Waals surface area contributed by atoms with Crippen molar-refractivity contribution in [3.8, 4) is 11.4 Å². The van der Waals surface area contributed by atoms with Gasteiger partial charge in [-0.3, -0.25) is 0 Å². The average Bonchev–Trinajstić information content (AvgIpc) is 3.24. The molecule has 5 rings (SSSR count). The third-order valence-electron chi connectivity index (χ3n) is 5.09. The number of aromatic nitrogens is 4. The van der Waals surface area contributed by atoms with Crippen LogP contribution in [0.25, 0.3) is 22.3 Å². The lowest BCUT2D eigenvalue weighted by Gasteiger charge is -2.07. The van der Waals surface area contributed by atoms with Gasteiger partial charge in [-0.1, -0.05) is 24.3 Å². The highest BCUT2D eigenvalue weighted by molar-refractivity contribution is 5.81. The van der Waals surface area contributed by atoms with Crippen molar-refractivity contribution in [2.24, 2.45) is 5.73 Å². The molecular weight excluding hydrogens is 360 g/mol. The van der Waals surface area contributed by atoms with E-state index >= 15 is 0 Å². The van der Waals surface area contributed by atoms with Crippen LogP contribution in [-0.2, 0) is 25.9 Å². The van der Waals surface area contributed by atoms with Crippen molar-refractivity contribution < 1.29 is 8.78 Å². The summed E-state index contributed by atoms with van der Waals surface area (Å²) in [6, 6.07) is 10.4. The second-order valence-corrected chi connectivity index (χ2v) is 6.92. The van der Waals surface area contributed by atoms with E-state index in [2.05, 4.69) is 32.9 Å². The standard InChI is InChI=1S/C21H17F2N5/c22-16-7-15-18(8-17(16)23)26-20(27-19(15)9-24)6-5-13-11-28-10-12-3-1-2-4-14(12)21(28)25-13/h1-4,7-8,11H,5-6,9-10,24H2. The molecule has 0 saturated heterocycles. The van der Waals surface area contributed by atoms with Crippen molar-refractivity contribution >= 4 is 10.9 Å². The van der Waals surface area contributed by atoms with Gasteiger partial charge in [0.15, 0.2) is 11.6 Å². The highest BCUT2D eigenvalue weighted by Crippen LogP contribution is 2.31. The lowest BCUT2D eigenvalue weighted by atomic mass is 10.1. The number of hydrogen-bond acceptors (Lipinski definition) is 4. The summed E-state index contributed by atoms with van der Waals surface area (Å²) in [5.41, 5.74) is 10.0. The predicted octanol–water partition coefficient (Wildman–Crippen LogP) is 3.38. The zero-order valence-corrected chi connectivity index (χ0v) is 15.0. The summed E-state index contributed by atoms with van der Waals surface area (Å²) < 4.78 is 29.3. The molecule has 2 aromatic heterocycles. The molecule has 0 unspecified atom stereocenters. The summed E-state index contributed by atoms with van der Waals surface area (Å²) in [5.74, 6) is -0.326. The minimum Gasteiger partial charge on any atom is -0.326 e. The summed E-state index contributed by atoms with van der Waals surface area (Å²) in [5, 5.41) is 0.447. The largest absolute Gasteiger partial charge is 0.326 e. The van der Waals surface area contributed by atoms with E-state index in [0.29, 0.717) is 35.3 Å². The van der Waals surface area contributed by atoms with Crippen molar-refractivity contribution in [1.29, 1.82) is 0 Å².